The van der Waals surface area contributed by atoms with Crippen molar-refractivity contribution in [2.75, 3.05) is 0 Å². The zero-order valence-electron chi connectivity index (χ0n) is 21.2. The maximum atomic E-state index is 13.6. The summed E-state index contributed by atoms with van der Waals surface area (Å²) in [6, 6.07) is 12.6. The van der Waals surface area contributed by atoms with E-state index in [4.69, 9.17) is 9.47 Å². The zero-order valence-corrected chi connectivity index (χ0v) is 21.2. The second-order valence-corrected chi connectivity index (χ2v) is 9.89. The highest BCUT2D eigenvalue weighted by molar-refractivity contribution is 6.00. The number of carbonyl (C=O) groups excluding carboxylic acids is 4. The number of ether oxygens (including phenoxy) is 2. The van der Waals surface area contributed by atoms with Crippen LogP contribution in [0.1, 0.15) is 42.6 Å². The average molecular weight is 525 g/mol. The lowest BCUT2D eigenvalue weighted by atomic mass is 9.92. The molecular formula is C28H32N2O8. The maximum Gasteiger partial charge on any atom is 0.348 e. The van der Waals surface area contributed by atoms with Crippen molar-refractivity contribution in [2.45, 2.75) is 63.5 Å². The fourth-order valence-corrected chi connectivity index (χ4v) is 4.45. The van der Waals surface area contributed by atoms with Gasteiger partial charge >= 0.3 is 11.9 Å². The Hall–Kier alpha value is -3.92. The lowest BCUT2D eigenvalue weighted by molar-refractivity contribution is -0.178. The molecule has 4 rings (SSSR count). The summed E-state index contributed by atoms with van der Waals surface area (Å²) in [6.07, 6.45) is -2.17. The van der Waals surface area contributed by atoms with Crippen LogP contribution in [0, 0.1) is 11.8 Å². The number of aliphatic hydroxyl groups is 1. The van der Waals surface area contributed by atoms with Crippen LogP contribution >= 0.6 is 0 Å². The van der Waals surface area contributed by atoms with E-state index in [1.54, 1.807) is 12.1 Å². The van der Waals surface area contributed by atoms with Crippen LogP contribution < -0.4 is 10.6 Å². The van der Waals surface area contributed by atoms with Crippen LogP contribution in [0.5, 0.6) is 5.75 Å². The van der Waals surface area contributed by atoms with Gasteiger partial charge in [-0.25, -0.2) is 4.79 Å². The van der Waals surface area contributed by atoms with E-state index >= 15 is 0 Å². The molecule has 2 fully saturated rings. The number of aliphatic hydroxyl groups excluding tert-OH is 1. The van der Waals surface area contributed by atoms with Gasteiger partial charge in [0.1, 0.15) is 17.9 Å². The topological polar surface area (TPSA) is 151 Å². The molecular weight excluding hydrogens is 492 g/mol. The predicted molar refractivity (Wildman–Crippen MR) is 135 cm³/mol. The third kappa shape index (κ3) is 6.31. The molecule has 1 aliphatic heterocycles. The molecule has 0 aromatic heterocycles. The summed E-state index contributed by atoms with van der Waals surface area (Å²) in [5.41, 5.74) is 0.735. The first-order valence-electron chi connectivity index (χ1n) is 12.7. The van der Waals surface area contributed by atoms with Gasteiger partial charge in [0.2, 0.25) is 12.0 Å². The van der Waals surface area contributed by atoms with Crippen LogP contribution in [0.15, 0.2) is 54.6 Å². The Morgan fingerprint density at radius 3 is 2.29 bits per heavy atom. The molecule has 6 atom stereocenters. The summed E-state index contributed by atoms with van der Waals surface area (Å²) in [4.78, 5) is 52.4. The number of hydrogen-bond acceptors (Lipinski definition) is 8. The van der Waals surface area contributed by atoms with Gasteiger partial charge in [0.15, 0.2) is 0 Å². The molecule has 2 aromatic rings. The molecule has 202 valence electrons. The summed E-state index contributed by atoms with van der Waals surface area (Å²) < 4.78 is 11.0. The highest BCUT2D eigenvalue weighted by atomic mass is 16.6. The number of phenolic OH excluding ortho intramolecular Hbond substituents is 1. The van der Waals surface area contributed by atoms with Crippen molar-refractivity contribution < 1.29 is 38.9 Å². The Bertz CT molecular complexity index is 1180. The Labute approximate surface area is 220 Å². The summed E-state index contributed by atoms with van der Waals surface area (Å²) in [5, 5.41) is 26.6. The fraction of sp³-hybridized carbons (Fsp3) is 0.429. The normalized spacial score (nSPS) is 28.7. The van der Waals surface area contributed by atoms with E-state index in [1.165, 1.54) is 26.0 Å². The van der Waals surface area contributed by atoms with Crippen molar-refractivity contribution in [2.24, 2.45) is 11.8 Å². The van der Waals surface area contributed by atoms with Crippen LogP contribution in [-0.2, 0) is 30.3 Å². The van der Waals surface area contributed by atoms with Gasteiger partial charge in [-0.3, -0.25) is 14.4 Å². The van der Waals surface area contributed by atoms with E-state index in [9.17, 15) is 29.4 Å². The Morgan fingerprint density at radius 1 is 0.974 bits per heavy atom. The zero-order chi connectivity index (χ0) is 27.4. The number of amides is 2. The molecule has 0 radical (unpaired) electrons. The van der Waals surface area contributed by atoms with Gasteiger partial charge in [-0.1, -0.05) is 42.5 Å². The standard InChI is InChI=1S/C28H32N2O8/c1-15-23(32)20(14-17-8-4-3-5-9-17)29-26(34)22(30-25(33)19-10-6-7-11-21(19)31)16(2)37-28(36)24(18-12-13-18)38-27(15)35/h3-11,15-16,18,20,22-24,31-32H,12-14H2,1-2H3,(H,29,34)(H,30,33). The van der Waals surface area contributed by atoms with Crippen LogP contribution in [0.25, 0.3) is 0 Å². The molecule has 2 aliphatic rings. The number of aromatic hydroxyl groups is 1. The average Bonchev–Trinajstić information content (AvgIpc) is 3.74. The van der Waals surface area contributed by atoms with E-state index in [0.29, 0.717) is 12.8 Å². The number of para-hydroxylation sites is 1. The van der Waals surface area contributed by atoms with Crippen LogP contribution in [0.3, 0.4) is 0 Å². The lowest BCUT2D eigenvalue weighted by Crippen LogP contribution is -2.59. The predicted octanol–water partition coefficient (Wildman–Crippen LogP) is 1.48. The molecule has 4 N–H and O–H groups in total. The summed E-state index contributed by atoms with van der Waals surface area (Å²) in [6.45, 7) is 2.91. The van der Waals surface area contributed by atoms with Crippen molar-refractivity contribution in [3.63, 3.8) is 0 Å². The van der Waals surface area contributed by atoms with Crippen molar-refractivity contribution in [1.29, 1.82) is 0 Å². The first-order chi connectivity index (χ1) is 18.2. The number of nitrogens with one attached hydrogen (secondary N) is 2. The van der Waals surface area contributed by atoms with Crippen molar-refractivity contribution in [3.8, 4) is 5.75 Å². The third-order valence-corrected chi connectivity index (χ3v) is 6.94. The largest absolute Gasteiger partial charge is 0.507 e. The SMILES string of the molecule is CC1OC(=O)C(C2CC2)OC(=O)C(C)C(O)C(Cc2ccccc2)NC(=O)C1NC(=O)c1ccccc1O. The Balaban J connectivity index is 1.66. The molecule has 10 nitrogen and oxygen atoms in total. The van der Waals surface area contributed by atoms with E-state index < -0.39 is 60.1 Å². The Kier molecular flexibility index (Phi) is 8.31. The van der Waals surface area contributed by atoms with E-state index in [1.807, 2.05) is 30.3 Å². The van der Waals surface area contributed by atoms with Gasteiger partial charge in [0, 0.05) is 5.92 Å². The second kappa shape index (κ2) is 11.6. The highest BCUT2D eigenvalue weighted by Crippen LogP contribution is 2.36. The molecule has 0 bridgehead atoms. The molecule has 6 unspecified atom stereocenters. The van der Waals surface area contributed by atoms with Gasteiger partial charge in [-0.15, -0.1) is 0 Å². The first kappa shape index (κ1) is 27.1. The molecule has 1 heterocycles. The minimum Gasteiger partial charge on any atom is -0.507 e. The fourth-order valence-electron chi connectivity index (χ4n) is 4.45. The molecule has 2 amide bonds. The molecule has 2 aromatic carbocycles. The van der Waals surface area contributed by atoms with E-state index in [0.717, 1.165) is 5.56 Å². The van der Waals surface area contributed by atoms with Crippen LogP contribution in [-0.4, -0.2) is 64.4 Å². The molecule has 10 heteroatoms. The maximum absolute atomic E-state index is 13.6. The smallest absolute Gasteiger partial charge is 0.348 e. The van der Waals surface area contributed by atoms with Crippen LogP contribution in [0.4, 0.5) is 0 Å². The van der Waals surface area contributed by atoms with Crippen molar-refractivity contribution in [3.05, 3.63) is 65.7 Å². The molecule has 1 saturated heterocycles. The molecule has 0 spiro atoms. The molecule has 38 heavy (non-hydrogen) atoms. The quantitative estimate of drug-likeness (QED) is 0.430. The summed E-state index contributed by atoms with van der Waals surface area (Å²) >= 11 is 0. The summed E-state index contributed by atoms with van der Waals surface area (Å²) in [7, 11) is 0. The molecule has 1 saturated carbocycles. The van der Waals surface area contributed by atoms with Gasteiger partial charge in [0.05, 0.1) is 23.6 Å². The van der Waals surface area contributed by atoms with Gasteiger partial charge in [-0.05, 0) is 50.8 Å². The minimum atomic E-state index is -1.37. The van der Waals surface area contributed by atoms with Crippen molar-refractivity contribution in [1.82, 2.24) is 10.6 Å². The second-order valence-electron chi connectivity index (χ2n) is 9.89. The first-order valence-corrected chi connectivity index (χ1v) is 12.7. The van der Waals surface area contributed by atoms with Gasteiger partial charge < -0.3 is 30.3 Å². The van der Waals surface area contributed by atoms with Gasteiger partial charge in [0.25, 0.3) is 5.91 Å². The monoisotopic (exact) mass is 524 g/mol. The number of carbonyl (C=O) groups is 4. The summed E-state index contributed by atoms with van der Waals surface area (Å²) in [5.74, 6) is -4.63. The van der Waals surface area contributed by atoms with Crippen molar-refractivity contribution >= 4 is 23.8 Å². The number of benzene rings is 2. The number of rotatable bonds is 5. The van der Waals surface area contributed by atoms with E-state index in [-0.39, 0.29) is 23.7 Å². The van der Waals surface area contributed by atoms with Crippen LogP contribution in [0.2, 0.25) is 0 Å². The third-order valence-electron chi connectivity index (χ3n) is 6.94. The Morgan fingerprint density at radius 2 is 1.63 bits per heavy atom. The number of esters is 2. The molecule has 1 aliphatic carbocycles. The number of hydrogen-bond donors (Lipinski definition) is 4. The number of phenols is 1. The van der Waals surface area contributed by atoms with E-state index in [2.05, 4.69) is 10.6 Å². The minimum absolute atomic E-state index is 0.0655. The lowest BCUT2D eigenvalue weighted by Gasteiger charge is -2.33. The van der Waals surface area contributed by atoms with Gasteiger partial charge in [-0.2, -0.15) is 0 Å². The highest BCUT2D eigenvalue weighted by Gasteiger charge is 2.45. The number of cyclic esters (lactones) is 2.